The Hall–Kier alpha value is -2.56. The zero-order valence-corrected chi connectivity index (χ0v) is 15.9. The standard InChI is InChI=1S/C22H26N4O/c1-27-17-11-9-16(10-12-17)20-15-21-23-19-8-4-3-7-18(19)22(26(21)24-20)25-13-5-2-6-14-25/h9-12,15H,2-8,13-14H2,1H3. The SMILES string of the molecule is COc1ccc(-c2cc3nc4c(c(N5CCCCC5)n3n2)CCCC4)cc1. The van der Waals surface area contributed by atoms with E-state index >= 15 is 0 Å². The van der Waals surface area contributed by atoms with Crippen molar-refractivity contribution in [3.05, 3.63) is 41.6 Å². The molecule has 1 aliphatic heterocycles. The molecule has 0 atom stereocenters. The van der Waals surface area contributed by atoms with E-state index in [9.17, 15) is 0 Å². The van der Waals surface area contributed by atoms with Gasteiger partial charge in [0.05, 0.1) is 12.8 Å². The van der Waals surface area contributed by atoms with Crippen LogP contribution in [0.25, 0.3) is 16.9 Å². The summed E-state index contributed by atoms with van der Waals surface area (Å²) in [6.07, 6.45) is 8.60. The van der Waals surface area contributed by atoms with E-state index in [1.807, 2.05) is 12.1 Å². The molecular formula is C22H26N4O. The fraction of sp³-hybridized carbons (Fsp3) is 0.455. The molecule has 5 rings (SSSR count). The van der Waals surface area contributed by atoms with E-state index in [2.05, 4.69) is 27.6 Å². The Bertz CT molecular complexity index is 955. The number of rotatable bonds is 3. The predicted octanol–water partition coefficient (Wildman–Crippen LogP) is 4.27. The highest BCUT2D eigenvalue weighted by Gasteiger charge is 2.25. The molecule has 0 saturated carbocycles. The van der Waals surface area contributed by atoms with Gasteiger partial charge in [0.2, 0.25) is 0 Å². The molecule has 27 heavy (non-hydrogen) atoms. The van der Waals surface area contributed by atoms with Gasteiger partial charge in [0.15, 0.2) is 5.65 Å². The Morgan fingerprint density at radius 2 is 1.70 bits per heavy atom. The summed E-state index contributed by atoms with van der Waals surface area (Å²) in [5.74, 6) is 2.17. The van der Waals surface area contributed by atoms with Gasteiger partial charge in [-0.05, 0) is 69.2 Å². The third-order valence-corrected chi connectivity index (χ3v) is 5.89. The second-order valence-corrected chi connectivity index (χ2v) is 7.64. The molecule has 0 spiro atoms. The van der Waals surface area contributed by atoms with Crippen molar-refractivity contribution < 1.29 is 4.74 Å². The number of nitrogens with zero attached hydrogens (tertiary/aromatic N) is 4. The Kier molecular flexibility index (Phi) is 4.23. The predicted molar refractivity (Wildman–Crippen MR) is 108 cm³/mol. The van der Waals surface area contributed by atoms with Gasteiger partial charge in [0, 0.05) is 36.0 Å². The zero-order valence-electron chi connectivity index (χ0n) is 15.9. The van der Waals surface area contributed by atoms with Crippen molar-refractivity contribution in [3.63, 3.8) is 0 Å². The molecule has 2 aromatic heterocycles. The lowest BCUT2D eigenvalue weighted by molar-refractivity contribution is 0.415. The van der Waals surface area contributed by atoms with Gasteiger partial charge in [-0.15, -0.1) is 0 Å². The molecule has 0 amide bonds. The summed E-state index contributed by atoms with van der Waals surface area (Å²) < 4.78 is 7.39. The molecule has 140 valence electrons. The minimum absolute atomic E-state index is 0.866. The van der Waals surface area contributed by atoms with Gasteiger partial charge < -0.3 is 9.64 Å². The fourth-order valence-corrected chi connectivity index (χ4v) is 4.46. The number of benzene rings is 1. The van der Waals surface area contributed by atoms with Crippen molar-refractivity contribution in [2.24, 2.45) is 0 Å². The van der Waals surface area contributed by atoms with Crippen LogP contribution in [0.3, 0.4) is 0 Å². The van der Waals surface area contributed by atoms with Gasteiger partial charge in [0.25, 0.3) is 0 Å². The van der Waals surface area contributed by atoms with Crippen molar-refractivity contribution in [1.82, 2.24) is 14.6 Å². The third-order valence-electron chi connectivity index (χ3n) is 5.89. The summed E-state index contributed by atoms with van der Waals surface area (Å²) in [6, 6.07) is 10.2. The topological polar surface area (TPSA) is 42.7 Å². The van der Waals surface area contributed by atoms with Crippen molar-refractivity contribution in [1.29, 1.82) is 0 Å². The average Bonchev–Trinajstić information content (AvgIpc) is 3.16. The van der Waals surface area contributed by atoms with E-state index in [0.29, 0.717) is 0 Å². The molecule has 5 heteroatoms. The van der Waals surface area contributed by atoms with Crippen molar-refractivity contribution in [2.45, 2.75) is 44.9 Å². The molecule has 2 aliphatic rings. The van der Waals surface area contributed by atoms with E-state index in [1.54, 1.807) is 7.11 Å². The van der Waals surface area contributed by atoms with Gasteiger partial charge in [0.1, 0.15) is 11.6 Å². The number of fused-ring (bicyclic) bond motifs is 2. The van der Waals surface area contributed by atoms with E-state index in [1.165, 1.54) is 49.2 Å². The van der Waals surface area contributed by atoms with E-state index in [4.69, 9.17) is 14.8 Å². The maximum atomic E-state index is 5.29. The highest BCUT2D eigenvalue weighted by Crippen LogP contribution is 2.33. The molecule has 0 bridgehead atoms. The monoisotopic (exact) mass is 362 g/mol. The largest absolute Gasteiger partial charge is 0.497 e. The van der Waals surface area contributed by atoms with Crippen LogP contribution >= 0.6 is 0 Å². The maximum absolute atomic E-state index is 5.29. The summed E-state index contributed by atoms with van der Waals surface area (Å²) in [5, 5.41) is 4.99. The molecule has 5 nitrogen and oxygen atoms in total. The maximum Gasteiger partial charge on any atom is 0.158 e. The molecule has 0 unspecified atom stereocenters. The third kappa shape index (κ3) is 2.95. The van der Waals surface area contributed by atoms with Crippen LogP contribution in [0.5, 0.6) is 5.75 Å². The second kappa shape index (κ2) is 6.87. The summed E-state index contributed by atoms with van der Waals surface area (Å²) in [6.45, 7) is 2.26. The molecule has 0 radical (unpaired) electrons. The Morgan fingerprint density at radius 1 is 0.926 bits per heavy atom. The van der Waals surface area contributed by atoms with Crippen molar-refractivity contribution in [2.75, 3.05) is 25.1 Å². The molecule has 1 fully saturated rings. The van der Waals surface area contributed by atoms with Crippen LogP contribution in [-0.4, -0.2) is 34.8 Å². The number of anilines is 1. The molecule has 3 heterocycles. The Labute approximate surface area is 160 Å². The second-order valence-electron chi connectivity index (χ2n) is 7.64. The smallest absolute Gasteiger partial charge is 0.158 e. The van der Waals surface area contributed by atoms with Gasteiger partial charge >= 0.3 is 0 Å². The van der Waals surface area contributed by atoms with Gasteiger partial charge in [-0.25, -0.2) is 4.98 Å². The quantitative estimate of drug-likeness (QED) is 0.698. The Morgan fingerprint density at radius 3 is 2.48 bits per heavy atom. The molecule has 1 aliphatic carbocycles. The van der Waals surface area contributed by atoms with E-state index < -0.39 is 0 Å². The highest BCUT2D eigenvalue weighted by atomic mass is 16.5. The Balaban J connectivity index is 1.66. The minimum Gasteiger partial charge on any atom is -0.497 e. The lowest BCUT2D eigenvalue weighted by Gasteiger charge is -2.32. The lowest BCUT2D eigenvalue weighted by Crippen LogP contribution is -2.33. The molecule has 0 N–H and O–H groups in total. The zero-order chi connectivity index (χ0) is 18.2. The van der Waals surface area contributed by atoms with Crippen molar-refractivity contribution in [3.8, 4) is 17.0 Å². The van der Waals surface area contributed by atoms with Crippen LogP contribution in [0.2, 0.25) is 0 Å². The highest BCUT2D eigenvalue weighted by molar-refractivity contribution is 5.68. The number of hydrogen-bond acceptors (Lipinski definition) is 4. The molecular weight excluding hydrogens is 336 g/mol. The average molecular weight is 362 g/mol. The van der Waals surface area contributed by atoms with Gasteiger partial charge in [-0.1, -0.05) is 0 Å². The van der Waals surface area contributed by atoms with Gasteiger partial charge in [-0.2, -0.15) is 9.61 Å². The molecule has 1 aromatic carbocycles. The summed E-state index contributed by atoms with van der Waals surface area (Å²) >= 11 is 0. The van der Waals surface area contributed by atoms with Crippen LogP contribution in [0.4, 0.5) is 5.82 Å². The summed E-state index contributed by atoms with van der Waals surface area (Å²) in [5.41, 5.74) is 5.77. The normalized spacial score (nSPS) is 17.1. The first-order valence-corrected chi connectivity index (χ1v) is 10.1. The molecule has 3 aromatic rings. The van der Waals surface area contributed by atoms with E-state index in [-0.39, 0.29) is 0 Å². The number of methoxy groups -OCH3 is 1. The molecule has 1 saturated heterocycles. The minimum atomic E-state index is 0.866. The first-order valence-electron chi connectivity index (χ1n) is 10.1. The van der Waals surface area contributed by atoms with Crippen molar-refractivity contribution >= 4 is 11.5 Å². The van der Waals surface area contributed by atoms with Crippen LogP contribution in [0, 0.1) is 0 Å². The fourth-order valence-electron chi connectivity index (χ4n) is 4.46. The van der Waals surface area contributed by atoms with Crippen LogP contribution < -0.4 is 9.64 Å². The first-order chi connectivity index (χ1) is 13.3. The number of hydrogen-bond donors (Lipinski definition) is 0. The van der Waals surface area contributed by atoms with Gasteiger partial charge in [-0.3, -0.25) is 0 Å². The van der Waals surface area contributed by atoms with E-state index in [0.717, 1.165) is 48.6 Å². The first kappa shape index (κ1) is 16.6. The van der Waals surface area contributed by atoms with Crippen LogP contribution in [0.1, 0.15) is 43.4 Å². The summed E-state index contributed by atoms with van der Waals surface area (Å²) in [7, 11) is 1.69. The number of aryl methyl sites for hydroxylation is 1. The van der Waals surface area contributed by atoms with Crippen LogP contribution in [0.15, 0.2) is 30.3 Å². The number of aromatic nitrogens is 3. The number of piperidine rings is 1. The summed E-state index contributed by atoms with van der Waals surface area (Å²) in [4.78, 5) is 7.55. The lowest BCUT2D eigenvalue weighted by atomic mass is 9.95. The number of ether oxygens (including phenoxy) is 1. The van der Waals surface area contributed by atoms with Crippen LogP contribution in [-0.2, 0) is 12.8 Å².